The van der Waals surface area contributed by atoms with Gasteiger partial charge in [-0.15, -0.1) is 0 Å². The number of hydrogen-bond acceptors (Lipinski definition) is 3. The number of sulfonamides is 1. The summed E-state index contributed by atoms with van der Waals surface area (Å²) in [5.41, 5.74) is 0. The molecule has 0 radical (unpaired) electrons. The molecule has 1 rings (SSSR count). The van der Waals surface area contributed by atoms with E-state index in [-0.39, 0.29) is 0 Å². The van der Waals surface area contributed by atoms with Crippen molar-refractivity contribution in [2.24, 2.45) is 5.92 Å². The first-order valence-corrected chi connectivity index (χ1v) is 7.22. The third-order valence-electron chi connectivity index (χ3n) is 2.12. The van der Waals surface area contributed by atoms with E-state index in [1.807, 2.05) is 0 Å². The highest BCUT2D eigenvalue weighted by molar-refractivity contribution is 7.98. The fraction of sp³-hybridized carbons (Fsp3) is 1.00. The van der Waals surface area contributed by atoms with Crippen molar-refractivity contribution in [1.29, 1.82) is 0 Å². The van der Waals surface area contributed by atoms with Gasteiger partial charge in [-0.05, 0) is 24.3 Å². The van der Waals surface area contributed by atoms with E-state index in [2.05, 4.69) is 6.26 Å². The predicted molar refractivity (Wildman–Crippen MR) is 52.9 cm³/mol. The summed E-state index contributed by atoms with van der Waals surface area (Å²) in [6, 6.07) is 0. The summed E-state index contributed by atoms with van der Waals surface area (Å²) in [5, 5.41) is 0. The topological polar surface area (TPSA) is 37.4 Å². The fourth-order valence-electron chi connectivity index (χ4n) is 1.47. The zero-order valence-corrected chi connectivity index (χ0v) is 9.12. The number of rotatable bonds is 3. The molecule has 12 heavy (non-hydrogen) atoms. The first kappa shape index (κ1) is 10.3. The first-order valence-electron chi connectivity index (χ1n) is 3.98. The average Bonchev–Trinajstić information content (AvgIpc) is 2.35. The molecule has 72 valence electrons. The number of hydrogen-bond donors (Lipinski definition) is 0. The van der Waals surface area contributed by atoms with E-state index >= 15 is 0 Å². The van der Waals surface area contributed by atoms with E-state index in [0.717, 1.165) is 18.7 Å². The van der Waals surface area contributed by atoms with E-state index in [0.29, 0.717) is 12.5 Å². The molecule has 1 aliphatic heterocycles. The standard InChI is InChI=1S/C7H15NO2S2/c1-11-6-7-3-4-8(5-7)12(2,9)10/h7H,3-6H2,1-2H3. The van der Waals surface area contributed by atoms with E-state index in [1.54, 1.807) is 16.1 Å². The molecule has 0 aromatic rings. The summed E-state index contributed by atoms with van der Waals surface area (Å²) in [6.45, 7) is 1.43. The molecule has 1 unspecified atom stereocenters. The molecular formula is C7H15NO2S2. The quantitative estimate of drug-likeness (QED) is 0.684. The molecule has 0 spiro atoms. The van der Waals surface area contributed by atoms with Crippen LogP contribution in [0.2, 0.25) is 0 Å². The zero-order valence-electron chi connectivity index (χ0n) is 7.49. The Kier molecular flexibility index (Phi) is 3.43. The molecular weight excluding hydrogens is 194 g/mol. The van der Waals surface area contributed by atoms with Gasteiger partial charge >= 0.3 is 0 Å². The van der Waals surface area contributed by atoms with Crippen LogP contribution in [0.25, 0.3) is 0 Å². The second-order valence-electron chi connectivity index (χ2n) is 3.23. The van der Waals surface area contributed by atoms with Gasteiger partial charge in [-0.2, -0.15) is 11.8 Å². The Labute approximate surface area is 78.6 Å². The van der Waals surface area contributed by atoms with Gasteiger partial charge in [-0.1, -0.05) is 0 Å². The van der Waals surface area contributed by atoms with Gasteiger partial charge in [-0.25, -0.2) is 12.7 Å². The highest BCUT2D eigenvalue weighted by Gasteiger charge is 2.27. The summed E-state index contributed by atoms with van der Waals surface area (Å²) in [7, 11) is -2.93. The Hall–Kier alpha value is 0.260. The minimum Gasteiger partial charge on any atom is -0.213 e. The Morgan fingerprint density at radius 1 is 1.58 bits per heavy atom. The van der Waals surface area contributed by atoms with E-state index in [4.69, 9.17) is 0 Å². The minimum atomic E-state index is -2.93. The summed E-state index contributed by atoms with van der Waals surface area (Å²) in [6.07, 6.45) is 4.37. The first-order chi connectivity index (χ1) is 5.54. The maximum Gasteiger partial charge on any atom is 0.211 e. The maximum atomic E-state index is 11.1. The SMILES string of the molecule is CSCC1CCN(S(C)(=O)=O)C1. The Morgan fingerprint density at radius 2 is 2.25 bits per heavy atom. The molecule has 1 heterocycles. The molecule has 0 aliphatic carbocycles. The molecule has 0 aromatic heterocycles. The highest BCUT2D eigenvalue weighted by Crippen LogP contribution is 2.21. The van der Waals surface area contributed by atoms with Crippen molar-refractivity contribution in [3.63, 3.8) is 0 Å². The minimum absolute atomic E-state index is 0.565. The highest BCUT2D eigenvalue weighted by atomic mass is 32.2. The van der Waals surface area contributed by atoms with Crippen LogP contribution >= 0.6 is 11.8 Å². The second kappa shape index (κ2) is 3.98. The summed E-state index contributed by atoms with van der Waals surface area (Å²) in [5.74, 6) is 1.64. The van der Waals surface area contributed by atoms with Gasteiger partial charge in [-0.3, -0.25) is 0 Å². The lowest BCUT2D eigenvalue weighted by Crippen LogP contribution is -2.27. The molecule has 1 aliphatic rings. The molecule has 0 N–H and O–H groups in total. The third-order valence-corrected chi connectivity index (χ3v) is 4.19. The van der Waals surface area contributed by atoms with Gasteiger partial charge in [0.05, 0.1) is 6.26 Å². The second-order valence-corrected chi connectivity index (χ2v) is 6.12. The van der Waals surface area contributed by atoms with Crippen LogP contribution in [-0.2, 0) is 10.0 Å². The molecule has 0 amide bonds. The van der Waals surface area contributed by atoms with Crippen LogP contribution in [0.3, 0.4) is 0 Å². The summed E-state index contributed by atoms with van der Waals surface area (Å²) >= 11 is 1.79. The molecule has 5 heteroatoms. The Bertz CT molecular complexity index is 238. The van der Waals surface area contributed by atoms with Gasteiger partial charge in [0.25, 0.3) is 0 Å². The molecule has 0 saturated carbocycles. The smallest absolute Gasteiger partial charge is 0.211 e. The van der Waals surface area contributed by atoms with E-state index in [1.165, 1.54) is 6.26 Å². The van der Waals surface area contributed by atoms with E-state index in [9.17, 15) is 8.42 Å². The largest absolute Gasteiger partial charge is 0.213 e. The molecule has 1 fully saturated rings. The lowest BCUT2D eigenvalue weighted by Gasteiger charge is -2.12. The van der Waals surface area contributed by atoms with Crippen LogP contribution in [0.4, 0.5) is 0 Å². The van der Waals surface area contributed by atoms with Gasteiger partial charge in [0.2, 0.25) is 10.0 Å². The summed E-state index contributed by atoms with van der Waals surface area (Å²) in [4.78, 5) is 0. The monoisotopic (exact) mass is 209 g/mol. The zero-order chi connectivity index (χ0) is 9.19. The fourth-order valence-corrected chi connectivity index (χ4v) is 3.13. The van der Waals surface area contributed by atoms with Crippen LogP contribution in [0.1, 0.15) is 6.42 Å². The van der Waals surface area contributed by atoms with Crippen molar-refractivity contribution in [3.8, 4) is 0 Å². The third kappa shape index (κ3) is 2.64. The van der Waals surface area contributed by atoms with Crippen molar-refractivity contribution in [1.82, 2.24) is 4.31 Å². The molecule has 0 aromatic carbocycles. The normalized spacial score (nSPS) is 26.3. The van der Waals surface area contributed by atoms with Crippen LogP contribution in [0.15, 0.2) is 0 Å². The lowest BCUT2D eigenvalue weighted by atomic mass is 10.2. The Balaban J connectivity index is 2.46. The predicted octanol–water partition coefficient (Wildman–Crippen LogP) is 0.631. The number of nitrogens with zero attached hydrogens (tertiary/aromatic N) is 1. The van der Waals surface area contributed by atoms with Crippen LogP contribution in [-0.4, -0.2) is 44.1 Å². The van der Waals surface area contributed by atoms with Crippen LogP contribution < -0.4 is 0 Å². The van der Waals surface area contributed by atoms with Gasteiger partial charge in [0, 0.05) is 13.1 Å². The molecule has 1 saturated heterocycles. The van der Waals surface area contributed by atoms with Crippen molar-refractivity contribution >= 4 is 21.8 Å². The van der Waals surface area contributed by atoms with Crippen molar-refractivity contribution in [3.05, 3.63) is 0 Å². The average molecular weight is 209 g/mol. The summed E-state index contributed by atoms with van der Waals surface area (Å²) < 4.78 is 23.8. The van der Waals surface area contributed by atoms with Crippen molar-refractivity contribution in [2.45, 2.75) is 6.42 Å². The van der Waals surface area contributed by atoms with Crippen LogP contribution in [0, 0.1) is 5.92 Å². The van der Waals surface area contributed by atoms with Gasteiger partial charge < -0.3 is 0 Å². The van der Waals surface area contributed by atoms with Crippen molar-refractivity contribution < 1.29 is 8.42 Å². The lowest BCUT2D eigenvalue weighted by molar-refractivity contribution is 0.471. The van der Waals surface area contributed by atoms with Crippen LogP contribution in [0.5, 0.6) is 0 Å². The van der Waals surface area contributed by atoms with Gasteiger partial charge in [0.15, 0.2) is 0 Å². The number of thioether (sulfide) groups is 1. The maximum absolute atomic E-state index is 11.1. The van der Waals surface area contributed by atoms with Gasteiger partial charge in [0.1, 0.15) is 0 Å². The van der Waals surface area contributed by atoms with Crippen molar-refractivity contribution in [2.75, 3.05) is 31.4 Å². The molecule has 0 bridgehead atoms. The molecule has 1 atom stereocenters. The molecule has 3 nitrogen and oxygen atoms in total. The van der Waals surface area contributed by atoms with E-state index < -0.39 is 10.0 Å². The Morgan fingerprint density at radius 3 is 2.67 bits per heavy atom.